The Bertz CT molecular complexity index is 579. The largest absolute Gasteiger partial charge is 0.381 e. The zero-order valence-electron chi connectivity index (χ0n) is 17.3. The smallest absolute Gasteiger partial charge is 0.191 e. The molecule has 1 aromatic carbocycles. The minimum Gasteiger partial charge on any atom is -0.381 e. The van der Waals surface area contributed by atoms with Gasteiger partial charge in [0.2, 0.25) is 0 Å². The minimum atomic E-state index is -0.189. The van der Waals surface area contributed by atoms with Crippen LogP contribution in [0, 0.1) is 11.7 Å². The number of hydrogen-bond acceptors (Lipinski definition) is 4. The topological polar surface area (TPSA) is 58.1 Å². The standard InChI is InChI=1S/C21H35FN4O2/c1-3-23-21(25-12-7-14-27-16-18-10-15-28-17-18)24-11-6-13-26(2)20-9-5-4-8-19(20)22/h4-5,8-9,18H,3,6-7,10-17H2,1-2H3,(H2,23,24,25). The van der Waals surface area contributed by atoms with E-state index in [9.17, 15) is 4.39 Å². The van der Waals surface area contributed by atoms with Crippen LogP contribution >= 0.6 is 0 Å². The zero-order valence-corrected chi connectivity index (χ0v) is 17.3. The fourth-order valence-electron chi connectivity index (χ4n) is 3.07. The number of nitrogens with one attached hydrogen (secondary N) is 2. The number of benzene rings is 1. The number of anilines is 1. The number of aliphatic imine (C=N–C) groups is 1. The predicted molar refractivity (Wildman–Crippen MR) is 113 cm³/mol. The summed E-state index contributed by atoms with van der Waals surface area (Å²) in [5.41, 5.74) is 0.626. The van der Waals surface area contributed by atoms with Gasteiger partial charge >= 0.3 is 0 Å². The zero-order chi connectivity index (χ0) is 20.0. The molecule has 28 heavy (non-hydrogen) atoms. The van der Waals surface area contributed by atoms with E-state index in [1.54, 1.807) is 12.1 Å². The Morgan fingerprint density at radius 1 is 1.32 bits per heavy atom. The van der Waals surface area contributed by atoms with E-state index in [4.69, 9.17) is 9.47 Å². The van der Waals surface area contributed by atoms with Crippen molar-refractivity contribution in [2.24, 2.45) is 10.9 Å². The van der Waals surface area contributed by atoms with Crippen LogP contribution in [0.25, 0.3) is 0 Å². The molecule has 2 N–H and O–H groups in total. The van der Waals surface area contributed by atoms with E-state index < -0.39 is 0 Å². The second kappa shape index (κ2) is 13.3. The van der Waals surface area contributed by atoms with Crippen molar-refractivity contribution in [3.63, 3.8) is 0 Å². The summed E-state index contributed by atoms with van der Waals surface area (Å²) in [5.74, 6) is 1.20. The van der Waals surface area contributed by atoms with Crippen molar-refractivity contribution in [2.45, 2.75) is 26.2 Å². The third-order valence-corrected chi connectivity index (χ3v) is 4.66. The Balaban J connectivity index is 1.59. The van der Waals surface area contributed by atoms with Gasteiger partial charge in [-0.05, 0) is 38.3 Å². The Morgan fingerprint density at radius 3 is 2.93 bits per heavy atom. The first-order valence-electron chi connectivity index (χ1n) is 10.3. The third-order valence-electron chi connectivity index (χ3n) is 4.66. The molecule has 1 aliphatic rings. The molecular formula is C21H35FN4O2. The quantitative estimate of drug-likeness (QED) is 0.324. The van der Waals surface area contributed by atoms with E-state index in [1.165, 1.54) is 6.07 Å². The van der Waals surface area contributed by atoms with Gasteiger partial charge in [-0.2, -0.15) is 0 Å². The van der Waals surface area contributed by atoms with Crippen LogP contribution in [-0.4, -0.2) is 65.6 Å². The molecule has 0 aromatic heterocycles. The van der Waals surface area contributed by atoms with Crippen molar-refractivity contribution in [3.05, 3.63) is 30.1 Å². The second-order valence-corrected chi connectivity index (χ2v) is 7.07. The summed E-state index contributed by atoms with van der Waals surface area (Å²) < 4.78 is 24.9. The predicted octanol–water partition coefficient (Wildman–Crippen LogP) is 2.65. The molecule has 0 amide bonds. The fraction of sp³-hybridized carbons (Fsp3) is 0.667. The number of nitrogens with zero attached hydrogens (tertiary/aromatic N) is 2. The highest BCUT2D eigenvalue weighted by atomic mass is 19.1. The number of guanidine groups is 1. The lowest BCUT2D eigenvalue weighted by Crippen LogP contribution is -2.38. The first kappa shape index (κ1) is 22.4. The minimum absolute atomic E-state index is 0.189. The maximum atomic E-state index is 13.8. The Kier molecular flexibility index (Phi) is 10.7. The average Bonchev–Trinajstić information content (AvgIpc) is 3.21. The molecule has 1 saturated heterocycles. The molecule has 2 rings (SSSR count). The summed E-state index contributed by atoms with van der Waals surface area (Å²) in [4.78, 5) is 6.53. The van der Waals surface area contributed by atoms with E-state index in [-0.39, 0.29) is 5.82 Å². The molecule has 0 bridgehead atoms. The lowest BCUT2D eigenvalue weighted by atomic mass is 10.1. The normalized spacial score (nSPS) is 17.0. The van der Waals surface area contributed by atoms with Crippen LogP contribution in [0.3, 0.4) is 0 Å². The van der Waals surface area contributed by atoms with Gasteiger partial charge < -0.3 is 25.0 Å². The molecule has 1 fully saturated rings. The van der Waals surface area contributed by atoms with E-state index in [0.717, 1.165) is 71.3 Å². The van der Waals surface area contributed by atoms with Gasteiger partial charge in [-0.25, -0.2) is 4.39 Å². The molecule has 0 saturated carbocycles. The molecule has 1 heterocycles. The fourth-order valence-corrected chi connectivity index (χ4v) is 3.07. The van der Waals surface area contributed by atoms with E-state index in [1.807, 2.05) is 18.0 Å². The van der Waals surface area contributed by atoms with Crippen LogP contribution in [-0.2, 0) is 9.47 Å². The first-order chi connectivity index (χ1) is 13.7. The number of hydrogen-bond donors (Lipinski definition) is 2. The molecule has 0 spiro atoms. The van der Waals surface area contributed by atoms with Crippen molar-refractivity contribution in [1.82, 2.24) is 10.6 Å². The lowest BCUT2D eigenvalue weighted by Gasteiger charge is -2.19. The maximum Gasteiger partial charge on any atom is 0.191 e. The highest BCUT2D eigenvalue weighted by Gasteiger charge is 2.15. The van der Waals surface area contributed by atoms with Gasteiger partial charge in [0.1, 0.15) is 5.82 Å². The molecule has 7 heteroatoms. The van der Waals surface area contributed by atoms with Gasteiger partial charge in [0.05, 0.1) is 18.9 Å². The second-order valence-electron chi connectivity index (χ2n) is 7.07. The number of para-hydroxylation sites is 1. The molecule has 0 aliphatic carbocycles. The summed E-state index contributed by atoms with van der Waals surface area (Å²) in [6.45, 7) is 8.38. The van der Waals surface area contributed by atoms with Crippen molar-refractivity contribution >= 4 is 11.6 Å². The molecule has 1 atom stereocenters. The van der Waals surface area contributed by atoms with Crippen LogP contribution in [0.5, 0.6) is 0 Å². The highest BCUT2D eigenvalue weighted by molar-refractivity contribution is 5.79. The molecule has 6 nitrogen and oxygen atoms in total. The summed E-state index contributed by atoms with van der Waals surface area (Å²) in [7, 11) is 1.91. The number of halogens is 1. The monoisotopic (exact) mass is 394 g/mol. The van der Waals surface area contributed by atoms with Gasteiger partial charge in [0.25, 0.3) is 0 Å². The van der Waals surface area contributed by atoms with Gasteiger partial charge in [-0.3, -0.25) is 4.99 Å². The summed E-state index contributed by atoms with van der Waals surface area (Å²) in [6, 6.07) is 6.85. The van der Waals surface area contributed by atoms with Crippen LogP contribution < -0.4 is 15.5 Å². The van der Waals surface area contributed by atoms with E-state index in [2.05, 4.69) is 22.5 Å². The Morgan fingerprint density at radius 2 is 2.18 bits per heavy atom. The van der Waals surface area contributed by atoms with Gasteiger partial charge in [-0.1, -0.05) is 12.1 Å². The van der Waals surface area contributed by atoms with E-state index in [0.29, 0.717) is 18.2 Å². The molecular weight excluding hydrogens is 359 g/mol. The first-order valence-corrected chi connectivity index (χ1v) is 10.3. The Hall–Kier alpha value is -1.86. The van der Waals surface area contributed by atoms with Gasteiger partial charge in [0, 0.05) is 52.4 Å². The maximum absolute atomic E-state index is 13.8. The van der Waals surface area contributed by atoms with Crippen LogP contribution in [0.4, 0.5) is 10.1 Å². The molecule has 158 valence electrons. The third kappa shape index (κ3) is 8.44. The lowest BCUT2D eigenvalue weighted by molar-refractivity contribution is 0.0888. The van der Waals surface area contributed by atoms with Gasteiger partial charge in [-0.15, -0.1) is 0 Å². The van der Waals surface area contributed by atoms with Crippen LogP contribution in [0.2, 0.25) is 0 Å². The van der Waals surface area contributed by atoms with Crippen molar-refractivity contribution in [1.29, 1.82) is 0 Å². The number of rotatable bonds is 12. The van der Waals surface area contributed by atoms with Crippen molar-refractivity contribution in [3.8, 4) is 0 Å². The van der Waals surface area contributed by atoms with E-state index >= 15 is 0 Å². The SMILES string of the molecule is CCNC(=NCCCN(C)c1ccccc1F)NCCCOCC1CCOC1. The molecule has 1 unspecified atom stereocenters. The molecule has 1 aromatic rings. The summed E-state index contributed by atoms with van der Waals surface area (Å²) in [5, 5.41) is 6.59. The summed E-state index contributed by atoms with van der Waals surface area (Å²) in [6.07, 6.45) is 2.91. The highest BCUT2D eigenvalue weighted by Crippen LogP contribution is 2.17. The summed E-state index contributed by atoms with van der Waals surface area (Å²) >= 11 is 0. The Labute approximate surface area is 168 Å². The number of ether oxygens (including phenoxy) is 2. The average molecular weight is 395 g/mol. The van der Waals surface area contributed by atoms with Crippen LogP contribution in [0.15, 0.2) is 29.3 Å². The molecule has 0 radical (unpaired) electrons. The molecule has 1 aliphatic heterocycles. The van der Waals surface area contributed by atoms with Gasteiger partial charge in [0.15, 0.2) is 5.96 Å². The van der Waals surface area contributed by atoms with Crippen molar-refractivity contribution < 1.29 is 13.9 Å². The van der Waals surface area contributed by atoms with Crippen molar-refractivity contribution in [2.75, 3.05) is 64.6 Å². The van der Waals surface area contributed by atoms with Crippen LogP contribution in [0.1, 0.15) is 26.2 Å².